The largest absolute Gasteiger partial charge is 0.386 e. The highest BCUT2D eigenvalue weighted by molar-refractivity contribution is 8.14. The molecule has 0 spiro atoms. The molecule has 0 radical (unpaired) electrons. The minimum Gasteiger partial charge on any atom is -0.386 e. The zero-order valence-corrected chi connectivity index (χ0v) is 4.78. The van der Waals surface area contributed by atoms with E-state index in [1.807, 2.05) is 0 Å². The molecule has 1 unspecified atom stereocenters. The summed E-state index contributed by atoms with van der Waals surface area (Å²) in [6, 6.07) is 0. The van der Waals surface area contributed by atoms with Crippen molar-refractivity contribution in [3.63, 3.8) is 0 Å². The number of carbonyl (C=O) groups is 1. The topological polar surface area (TPSA) is 37.3 Å². The molecule has 42 valence electrons. The molecule has 2 nitrogen and oxygen atoms in total. The molecule has 0 aromatic heterocycles. The van der Waals surface area contributed by atoms with Crippen molar-refractivity contribution in [1.82, 2.24) is 0 Å². The van der Waals surface area contributed by atoms with E-state index in [0.29, 0.717) is 5.75 Å². The van der Waals surface area contributed by atoms with Crippen LogP contribution in [0.25, 0.3) is 0 Å². The molecule has 0 aliphatic heterocycles. The summed E-state index contributed by atoms with van der Waals surface area (Å²) >= 11 is 0. The van der Waals surface area contributed by atoms with Gasteiger partial charge in [-0.05, 0) is 0 Å². The zero-order valence-electron chi connectivity index (χ0n) is 3.96. The highest BCUT2D eigenvalue weighted by atomic mass is 32.2. The van der Waals surface area contributed by atoms with Crippen molar-refractivity contribution in [1.29, 1.82) is 0 Å². The van der Waals surface area contributed by atoms with Crippen LogP contribution in [-0.4, -0.2) is 29.0 Å². The Hall–Kier alpha value is -0.150. The number of hydrogen-bond donors (Lipinski definition) is 1. The molecule has 7 heavy (non-hydrogen) atoms. The van der Waals surface area contributed by atoms with E-state index in [1.165, 1.54) is 0 Å². The third kappa shape index (κ3) is 3.69. The Morgan fingerprint density at radius 1 is 1.86 bits per heavy atom. The van der Waals surface area contributed by atoms with Crippen molar-refractivity contribution in [2.45, 2.75) is 0 Å². The van der Waals surface area contributed by atoms with Crippen LogP contribution in [0.1, 0.15) is 0 Å². The minimum absolute atomic E-state index is 0.0265. The first-order valence-corrected chi connectivity index (χ1v) is 3.56. The molecular weight excluding hydrogens is 112 g/mol. The fourth-order valence-electron chi connectivity index (χ4n) is 0.149. The standard InChI is InChI=1S/C4H8O2S/c1-7(4-6)3-2-5/h2,6H,1,3-4H2. The van der Waals surface area contributed by atoms with Gasteiger partial charge >= 0.3 is 0 Å². The van der Waals surface area contributed by atoms with Crippen LogP contribution in [0.5, 0.6) is 0 Å². The molecule has 0 fully saturated rings. The molecule has 0 rings (SSSR count). The summed E-state index contributed by atoms with van der Waals surface area (Å²) < 4.78 is 0. The van der Waals surface area contributed by atoms with E-state index >= 15 is 0 Å². The lowest BCUT2D eigenvalue weighted by Crippen LogP contribution is -1.84. The van der Waals surface area contributed by atoms with E-state index in [-0.39, 0.29) is 16.4 Å². The predicted octanol–water partition coefficient (Wildman–Crippen LogP) is -0.164. The predicted molar refractivity (Wildman–Crippen MR) is 32.7 cm³/mol. The number of aliphatic hydroxyl groups excluding tert-OH is 1. The number of aliphatic hydroxyl groups is 1. The zero-order chi connectivity index (χ0) is 5.70. The Morgan fingerprint density at radius 3 is 2.57 bits per heavy atom. The highest BCUT2D eigenvalue weighted by Crippen LogP contribution is 2.01. The summed E-state index contributed by atoms with van der Waals surface area (Å²) in [5.41, 5.74) is 0. The van der Waals surface area contributed by atoms with E-state index in [9.17, 15) is 4.79 Å². The summed E-state index contributed by atoms with van der Waals surface area (Å²) in [7, 11) is -0.340. The van der Waals surface area contributed by atoms with Crippen molar-refractivity contribution >= 4 is 22.6 Å². The molecule has 3 heteroatoms. The Balaban J connectivity index is 3.17. The van der Waals surface area contributed by atoms with Gasteiger partial charge in [0.15, 0.2) is 0 Å². The van der Waals surface area contributed by atoms with Crippen LogP contribution in [0, 0.1) is 0 Å². The van der Waals surface area contributed by atoms with E-state index in [4.69, 9.17) is 5.11 Å². The third-order valence-electron chi connectivity index (χ3n) is 0.486. The van der Waals surface area contributed by atoms with Crippen molar-refractivity contribution in [3.05, 3.63) is 0 Å². The average Bonchev–Trinajstić information content (AvgIpc) is 1.68. The van der Waals surface area contributed by atoms with Gasteiger partial charge in [0.1, 0.15) is 6.29 Å². The van der Waals surface area contributed by atoms with E-state index in [0.717, 1.165) is 6.29 Å². The van der Waals surface area contributed by atoms with Crippen LogP contribution >= 0.6 is 10.5 Å². The lowest BCUT2D eigenvalue weighted by atomic mass is 10.9. The normalized spacial score (nSPS) is 13.3. The molecule has 1 N–H and O–H groups in total. The van der Waals surface area contributed by atoms with Gasteiger partial charge in [-0.2, -0.15) is 10.5 Å². The maximum Gasteiger partial charge on any atom is 0.129 e. The Morgan fingerprint density at radius 2 is 2.43 bits per heavy atom. The van der Waals surface area contributed by atoms with Crippen molar-refractivity contribution in [2.75, 3.05) is 11.7 Å². The molecule has 0 aromatic carbocycles. The van der Waals surface area contributed by atoms with Crippen LogP contribution < -0.4 is 0 Å². The fourth-order valence-corrected chi connectivity index (χ4v) is 0.447. The van der Waals surface area contributed by atoms with Gasteiger partial charge in [0.05, 0.1) is 5.94 Å². The molecule has 1 atom stereocenters. The van der Waals surface area contributed by atoms with Gasteiger partial charge in [-0.1, -0.05) is 5.87 Å². The minimum atomic E-state index is -0.340. The summed E-state index contributed by atoms with van der Waals surface area (Å²) in [5, 5.41) is 8.26. The first-order chi connectivity index (χ1) is 3.31. The summed E-state index contributed by atoms with van der Waals surface area (Å²) in [6.45, 7) is 0. The Bertz CT molecular complexity index is 79.8. The molecule has 0 bridgehead atoms. The molecule has 0 heterocycles. The summed E-state index contributed by atoms with van der Waals surface area (Å²) in [6.07, 6.45) is 0.770. The monoisotopic (exact) mass is 120 g/mol. The van der Waals surface area contributed by atoms with Crippen LogP contribution in [0.15, 0.2) is 0 Å². The fraction of sp³-hybridized carbons (Fsp3) is 0.500. The molecular formula is C4H8O2S. The Labute approximate surface area is 45.1 Å². The van der Waals surface area contributed by atoms with E-state index in [1.54, 1.807) is 0 Å². The first-order valence-electron chi connectivity index (χ1n) is 1.83. The van der Waals surface area contributed by atoms with Crippen molar-refractivity contribution < 1.29 is 9.90 Å². The Kier molecular flexibility index (Phi) is 3.93. The lowest BCUT2D eigenvalue weighted by molar-refractivity contribution is -0.105. The van der Waals surface area contributed by atoms with Gasteiger partial charge in [0.2, 0.25) is 0 Å². The molecule has 0 saturated heterocycles. The SMILES string of the molecule is C=S(CO)CC=O. The summed E-state index contributed by atoms with van der Waals surface area (Å²) in [5.74, 6) is 3.90. The summed E-state index contributed by atoms with van der Waals surface area (Å²) in [4.78, 5) is 9.63. The smallest absolute Gasteiger partial charge is 0.129 e. The third-order valence-corrected chi connectivity index (χ3v) is 1.46. The molecule has 0 amide bonds. The van der Waals surface area contributed by atoms with Gasteiger partial charge in [0, 0.05) is 5.75 Å². The number of carbonyl (C=O) groups excluding carboxylic acids is 1. The van der Waals surface area contributed by atoms with Gasteiger partial charge < -0.3 is 9.90 Å². The molecule has 0 aliphatic carbocycles. The van der Waals surface area contributed by atoms with Crippen molar-refractivity contribution in [3.8, 4) is 0 Å². The maximum absolute atomic E-state index is 9.63. The van der Waals surface area contributed by atoms with Gasteiger partial charge in [-0.15, -0.1) is 0 Å². The van der Waals surface area contributed by atoms with Gasteiger partial charge in [-0.3, -0.25) is 0 Å². The number of aldehydes is 1. The quantitative estimate of drug-likeness (QED) is 0.415. The second-order valence-electron chi connectivity index (χ2n) is 1.07. The van der Waals surface area contributed by atoms with Crippen LogP contribution in [0.2, 0.25) is 0 Å². The number of hydrogen-bond acceptors (Lipinski definition) is 2. The van der Waals surface area contributed by atoms with Gasteiger partial charge in [0.25, 0.3) is 0 Å². The van der Waals surface area contributed by atoms with E-state index < -0.39 is 0 Å². The lowest BCUT2D eigenvalue weighted by Gasteiger charge is -1.91. The first kappa shape index (κ1) is 6.85. The average molecular weight is 120 g/mol. The second-order valence-corrected chi connectivity index (χ2v) is 2.89. The maximum atomic E-state index is 9.63. The molecule has 0 aromatic rings. The highest BCUT2D eigenvalue weighted by Gasteiger charge is 1.82. The number of rotatable bonds is 3. The van der Waals surface area contributed by atoms with Crippen LogP contribution in [0.3, 0.4) is 0 Å². The van der Waals surface area contributed by atoms with Crippen LogP contribution in [0.4, 0.5) is 0 Å². The van der Waals surface area contributed by atoms with Crippen molar-refractivity contribution in [2.24, 2.45) is 0 Å². The van der Waals surface area contributed by atoms with Gasteiger partial charge in [-0.25, -0.2) is 0 Å². The second kappa shape index (κ2) is 4.02. The molecule has 0 aliphatic rings. The molecule has 0 saturated carbocycles. The van der Waals surface area contributed by atoms with Crippen LogP contribution in [-0.2, 0) is 4.79 Å². The van der Waals surface area contributed by atoms with E-state index in [2.05, 4.69) is 5.87 Å².